The van der Waals surface area contributed by atoms with Crippen molar-refractivity contribution in [2.24, 2.45) is 4.99 Å². The van der Waals surface area contributed by atoms with Crippen molar-refractivity contribution in [2.75, 3.05) is 20.2 Å². The van der Waals surface area contributed by atoms with Crippen molar-refractivity contribution in [3.8, 4) is 0 Å². The molecule has 8 nitrogen and oxygen atoms in total. The molecule has 0 aromatic carbocycles. The summed E-state index contributed by atoms with van der Waals surface area (Å²) in [6.45, 7) is -0.359. The normalized spacial score (nSPS) is 29.0. The Morgan fingerprint density at radius 3 is 2.83 bits per heavy atom. The number of imide groups is 1. The fourth-order valence-corrected chi connectivity index (χ4v) is 2.54. The van der Waals surface area contributed by atoms with E-state index in [0.717, 1.165) is 0 Å². The summed E-state index contributed by atoms with van der Waals surface area (Å²) in [7, 11) is 1.54. The first kappa shape index (κ1) is 13.2. The summed E-state index contributed by atoms with van der Waals surface area (Å²) in [5.41, 5.74) is 0. The third-order valence-corrected chi connectivity index (χ3v) is 3.59. The molecule has 3 N–H and O–H groups in total. The first-order valence-electron chi connectivity index (χ1n) is 5.32. The predicted octanol–water partition coefficient (Wildman–Crippen LogP) is -1.72. The molecule has 3 atom stereocenters. The Morgan fingerprint density at radius 2 is 2.22 bits per heavy atom. The SMILES string of the molecule is CN1C(=O)NC(=O)C2C1N=C(Br)N2CC(O)CO. The largest absolute Gasteiger partial charge is 0.394 e. The zero-order valence-electron chi connectivity index (χ0n) is 9.58. The van der Waals surface area contributed by atoms with E-state index in [1.54, 1.807) is 0 Å². The van der Waals surface area contributed by atoms with Gasteiger partial charge in [-0.2, -0.15) is 0 Å². The molecule has 0 spiro atoms. The van der Waals surface area contributed by atoms with Gasteiger partial charge < -0.3 is 20.0 Å². The van der Waals surface area contributed by atoms with Crippen LogP contribution in [0.3, 0.4) is 0 Å². The molecule has 0 bridgehead atoms. The van der Waals surface area contributed by atoms with Crippen LogP contribution in [0.25, 0.3) is 0 Å². The maximum absolute atomic E-state index is 11.8. The fraction of sp³-hybridized carbons (Fsp3) is 0.667. The number of β-amino-alcohol motifs (C(OH)–C–C–N with tert-alkyl or cyclic N) is 1. The van der Waals surface area contributed by atoms with E-state index in [4.69, 9.17) is 5.11 Å². The lowest BCUT2D eigenvalue weighted by molar-refractivity contribution is -0.127. The Morgan fingerprint density at radius 1 is 1.56 bits per heavy atom. The first-order valence-corrected chi connectivity index (χ1v) is 6.11. The highest BCUT2D eigenvalue weighted by Crippen LogP contribution is 2.26. The molecule has 1 fully saturated rings. The number of carbonyl (C=O) groups excluding carboxylic acids is 2. The molecule has 2 rings (SSSR count). The standard InChI is InChI=1S/C9H13BrN4O4/c1-13-6-5(7(17)12-9(13)18)14(8(10)11-6)2-4(16)3-15/h4-6,15-16H,2-3H2,1H3,(H,12,17,18). The van der Waals surface area contributed by atoms with Crippen molar-refractivity contribution in [2.45, 2.75) is 18.3 Å². The molecule has 0 radical (unpaired) electrons. The van der Waals surface area contributed by atoms with Gasteiger partial charge in [-0.1, -0.05) is 0 Å². The summed E-state index contributed by atoms with van der Waals surface area (Å²) in [5, 5.41) is 20.5. The summed E-state index contributed by atoms with van der Waals surface area (Å²) >= 11 is 3.19. The number of likely N-dealkylation sites (N-methyl/N-ethyl adjacent to an activating group) is 1. The number of carbonyl (C=O) groups is 2. The number of rotatable bonds is 3. The summed E-state index contributed by atoms with van der Waals surface area (Å²) in [6, 6.07) is -1.20. The zero-order chi connectivity index (χ0) is 13.4. The van der Waals surface area contributed by atoms with Gasteiger partial charge >= 0.3 is 6.03 Å². The van der Waals surface area contributed by atoms with Gasteiger partial charge in [-0.3, -0.25) is 10.1 Å². The number of aliphatic hydroxyl groups excluding tert-OH is 2. The minimum atomic E-state index is -0.984. The van der Waals surface area contributed by atoms with Crippen molar-refractivity contribution < 1.29 is 19.8 Å². The highest BCUT2D eigenvalue weighted by Gasteiger charge is 2.48. The summed E-state index contributed by atoms with van der Waals surface area (Å²) in [4.78, 5) is 30.3. The second kappa shape index (κ2) is 4.82. The van der Waals surface area contributed by atoms with E-state index in [1.807, 2.05) is 0 Å². The molecule has 0 aromatic rings. The summed E-state index contributed by atoms with van der Waals surface area (Å²) in [6.07, 6.45) is -1.60. The average Bonchev–Trinajstić information content (AvgIpc) is 2.64. The molecule has 2 aliphatic heterocycles. The number of aliphatic imine (C=N–C) groups is 1. The Hall–Kier alpha value is -1.19. The second-order valence-corrected chi connectivity index (χ2v) is 4.86. The number of nitrogens with one attached hydrogen (secondary N) is 1. The van der Waals surface area contributed by atoms with Crippen LogP contribution in [0.2, 0.25) is 0 Å². The lowest BCUT2D eigenvalue weighted by Gasteiger charge is -2.36. The number of halogens is 1. The number of urea groups is 1. The quantitative estimate of drug-likeness (QED) is 0.537. The summed E-state index contributed by atoms with van der Waals surface area (Å²) in [5.74, 6) is -0.466. The van der Waals surface area contributed by atoms with Crippen molar-refractivity contribution >= 4 is 32.6 Å². The van der Waals surface area contributed by atoms with Crippen LogP contribution in [-0.4, -0.2) is 75.2 Å². The van der Waals surface area contributed by atoms with E-state index in [1.165, 1.54) is 16.8 Å². The number of nitrogens with zero attached hydrogens (tertiary/aromatic N) is 3. The molecule has 0 aliphatic carbocycles. The molecule has 100 valence electrons. The van der Waals surface area contributed by atoms with Gasteiger partial charge in [0.15, 0.2) is 17.0 Å². The van der Waals surface area contributed by atoms with Gasteiger partial charge in [0.2, 0.25) is 0 Å². The number of amidine groups is 1. The maximum Gasteiger partial charge on any atom is 0.325 e. The minimum Gasteiger partial charge on any atom is -0.394 e. The van der Waals surface area contributed by atoms with Crippen LogP contribution in [0, 0.1) is 0 Å². The van der Waals surface area contributed by atoms with Crippen molar-refractivity contribution in [3.63, 3.8) is 0 Å². The van der Waals surface area contributed by atoms with Crippen LogP contribution >= 0.6 is 15.9 Å². The summed E-state index contributed by atoms with van der Waals surface area (Å²) < 4.78 is 0.377. The van der Waals surface area contributed by atoms with Gasteiger partial charge in [-0.05, 0) is 15.9 Å². The molecule has 2 aliphatic rings. The minimum absolute atomic E-state index is 0.0528. The van der Waals surface area contributed by atoms with Crippen molar-refractivity contribution in [1.29, 1.82) is 0 Å². The molecule has 0 aromatic heterocycles. The molecule has 18 heavy (non-hydrogen) atoms. The van der Waals surface area contributed by atoms with Gasteiger partial charge in [-0.25, -0.2) is 9.79 Å². The lowest BCUT2D eigenvalue weighted by Crippen LogP contribution is -2.64. The highest BCUT2D eigenvalue weighted by molar-refractivity contribution is 9.18. The third-order valence-electron chi connectivity index (χ3n) is 2.93. The molecule has 3 unspecified atom stereocenters. The van der Waals surface area contributed by atoms with Crippen LogP contribution in [-0.2, 0) is 4.79 Å². The average molecular weight is 321 g/mol. The van der Waals surface area contributed by atoms with Gasteiger partial charge in [0.1, 0.15) is 0 Å². The van der Waals surface area contributed by atoms with Crippen LogP contribution in [0.5, 0.6) is 0 Å². The van der Waals surface area contributed by atoms with Gasteiger partial charge in [0, 0.05) is 13.6 Å². The number of amides is 3. The van der Waals surface area contributed by atoms with Gasteiger partial charge in [0.25, 0.3) is 5.91 Å². The number of fused-ring (bicyclic) bond motifs is 1. The number of hydrogen-bond acceptors (Lipinski definition) is 6. The van der Waals surface area contributed by atoms with E-state index >= 15 is 0 Å². The Balaban J connectivity index is 2.22. The van der Waals surface area contributed by atoms with Crippen LogP contribution in [0.4, 0.5) is 4.79 Å². The Bertz CT molecular complexity index is 415. The number of aliphatic hydroxyl groups is 2. The Kier molecular flexibility index (Phi) is 3.55. The predicted molar refractivity (Wildman–Crippen MR) is 65.0 cm³/mol. The zero-order valence-corrected chi connectivity index (χ0v) is 11.2. The Labute approximate surface area is 111 Å². The molecular formula is C9H13BrN4O4. The molecule has 0 saturated carbocycles. The van der Waals surface area contributed by atoms with Crippen molar-refractivity contribution in [1.82, 2.24) is 15.1 Å². The van der Waals surface area contributed by atoms with E-state index in [0.29, 0.717) is 4.74 Å². The lowest BCUT2D eigenvalue weighted by atomic mass is 10.1. The molecular weight excluding hydrogens is 308 g/mol. The van der Waals surface area contributed by atoms with Crippen molar-refractivity contribution in [3.05, 3.63) is 0 Å². The second-order valence-electron chi connectivity index (χ2n) is 4.15. The monoisotopic (exact) mass is 320 g/mol. The fourth-order valence-electron chi connectivity index (χ4n) is 1.97. The van der Waals surface area contributed by atoms with E-state index in [-0.39, 0.29) is 6.54 Å². The van der Waals surface area contributed by atoms with Gasteiger partial charge in [-0.15, -0.1) is 0 Å². The van der Waals surface area contributed by atoms with E-state index in [9.17, 15) is 14.7 Å². The van der Waals surface area contributed by atoms with E-state index in [2.05, 4.69) is 26.2 Å². The topological polar surface area (TPSA) is 105 Å². The molecule has 3 amide bonds. The molecule has 9 heteroatoms. The van der Waals surface area contributed by atoms with Gasteiger partial charge in [0.05, 0.1) is 12.7 Å². The molecule has 2 heterocycles. The van der Waals surface area contributed by atoms with Crippen LogP contribution < -0.4 is 5.32 Å². The highest BCUT2D eigenvalue weighted by atomic mass is 79.9. The first-order chi connectivity index (χ1) is 8.45. The smallest absolute Gasteiger partial charge is 0.325 e. The van der Waals surface area contributed by atoms with Crippen LogP contribution in [0.15, 0.2) is 4.99 Å². The molecule has 1 saturated heterocycles. The third kappa shape index (κ3) is 2.08. The maximum atomic E-state index is 11.8. The number of hydrogen-bond donors (Lipinski definition) is 3. The van der Waals surface area contributed by atoms with Crippen LogP contribution in [0.1, 0.15) is 0 Å². The van der Waals surface area contributed by atoms with E-state index < -0.39 is 36.9 Å².